The van der Waals surface area contributed by atoms with Gasteiger partial charge in [0.25, 0.3) is 0 Å². The van der Waals surface area contributed by atoms with E-state index in [0.717, 1.165) is 80.7 Å². The number of hydrogen-bond acceptors (Lipinski definition) is 8. The number of nitrogens with two attached hydrogens (primary N) is 1. The number of morpholine rings is 1. The Balaban J connectivity index is 1.73. The van der Waals surface area contributed by atoms with Crippen molar-refractivity contribution in [2.45, 2.75) is 52.6 Å². The summed E-state index contributed by atoms with van der Waals surface area (Å²) in [5.41, 5.74) is 6.07. The standard InChI is InChI=1S/C29H44N6O2S/c1-7-8-9-24(21(2)3)25(19-30-36-6)28-31-26-18-23(20-34-12-10-22(11-13-34)33(4)5)38-27(26)29(32-28)35-14-16-37-17-15-35/h8-9,18-19,22,30H,7,10-17,20H2,1-6H3/p+1/b9-8-,25-19+. The third-order valence-corrected chi connectivity index (χ3v) is 8.45. The molecule has 0 radical (unpaired) electrons. The number of anilines is 1. The summed E-state index contributed by atoms with van der Waals surface area (Å²) in [5, 5.41) is 0. The van der Waals surface area contributed by atoms with Crippen molar-refractivity contribution in [1.82, 2.24) is 19.8 Å². The van der Waals surface area contributed by atoms with Crippen LogP contribution in [0.1, 0.15) is 50.7 Å². The summed E-state index contributed by atoms with van der Waals surface area (Å²) in [4.78, 5) is 24.4. The number of likely N-dealkylation sites (tertiary alicyclic amines) is 1. The van der Waals surface area contributed by atoms with Gasteiger partial charge >= 0.3 is 0 Å². The predicted molar refractivity (Wildman–Crippen MR) is 157 cm³/mol. The molecular formula is C29H45N6O2S+. The Morgan fingerprint density at radius 1 is 1.18 bits per heavy atom. The van der Waals surface area contributed by atoms with Crippen LogP contribution in [0.5, 0.6) is 0 Å². The second kappa shape index (κ2) is 13.8. The fourth-order valence-electron chi connectivity index (χ4n) is 5.15. The topological polar surface area (TPSA) is 70.6 Å². The molecule has 0 unspecified atom stereocenters. The van der Waals surface area contributed by atoms with Crippen LogP contribution in [0, 0.1) is 0 Å². The molecule has 0 amide bonds. The van der Waals surface area contributed by atoms with Crippen LogP contribution >= 0.6 is 11.3 Å². The average molecular weight is 542 g/mol. The fraction of sp³-hybridized carbons (Fsp3) is 0.586. The molecule has 2 aliphatic heterocycles. The third-order valence-electron chi connectivity index (χ3n) is 7.34. The molecule has 2 N–H and O–H groups in total. The number of thiophene rings is 1. The van der Waals surface area contributed by atoms with E-state index in [9.17, 15) is 0 Å². The van der Waals surface area contributed by atoms with Gasteiger partial charge in [-0.3, -0.25) is 4.90 Å². The molecule has 4 heterocycles. The Bertz CT molecular complexity index is 1150. The second-order valence-electron chi connectivity index (χ2n) is 10.5. The Kier molecular flexibility index (Phi) is 10.5. The summed E-state index contributed by atoms with van der Waals surface area (Å²) in [5.74, 6) is 1.76. The minimum Gasteiger partial charge on any atom is -0.378 e. The molecule has 2 aromatic heterocycles. The molecule has 9 heteroatoms. The summed E-state index contributed by atoms with van der Waals surface area (Å²) in [6.07, 6.45) is 9.78. The van der Waals surface area contributed by atoms with E-state index in [4.69, 9.17) is 19.5 Å². The first-order valence-corrected chi connectivity index (χ1v) is 14.7. The van der Waals surface area contributed by atoms with Gasteiger partial charge in [-0.1, -0.05) is 24.6 Å². The number of rotatable bonds is 10. The molecule has 208 valence electrons. The monoisotopic (exact) mass is 541 g/mol. The molecule has 2 aliphatic rings. The van der Waals surface area contributed by atoms with Gasteiger partial charge in [0.2, 0.25) is 0 Å². The quantitative estimate of drug-likeness (QED) is 0.362. The van der Waals surface area contributed by atoms with Crippen molar-refractivity contribution in [2.24, 2.45) is 0 Å². The SMILES string of the molecule is CC/C=C\C(=C(C)C)/C(=C\[NH2+]OC)c1nc(N2CCOCC2)c2sc(CN3CCC(N(C)C)CC3)cc2n1. The van der Waals surface area contributed by atoms with E-state index in [0.29, 0.717) is 6.04 Å². The number of hydroxylamine groups is 1. The number of fused-ring (bicyclic) bond motifs is 1. The molecule has 8 nitrogen and oxygen atoms in total. The first-order chi connectivity index (χ1) is 18.4. The van der Waals surface area contributed by atoms with Gasteiger partial charge in [-0.05, 0) is 58.8 Å². The minimum absolute atomic E-state index is 0.690. The van der Waals surface area contributed by atoms with Crippen molar-refractivity contribution < 1.29 is 15.1 Å². The Morgan fingerprint density at radius 3 is 2.55 bits per heavy atom. The van der Waals surface area contributed by atoms with Gasteiger partial charge in [0.15, 0.2) is 11.6 Å². The van der Waals surface area contributed by atoms with E-state index in [1.165, 1.54) is 28.0 Å². The van der Waals surface area contributed by atoms with Gasteiger partial charge in [-0.2, -0.15) is 5.48 Å². The highest BCUT2D eigenvalue weighted by molar-refractivity contribution is 7.19. The molecule has 2 saturated heterocycles. The fourth-order valence-corrected chi connectivity index (χ4v) is 6.30. The van der Waals surface area contributed by atoms with Gasteiger partial charge < -0.3 is 14.5 Å². The average Bonchev–Trinajstić information content (AvgIpc) is 3.32. The molecule has 0 bridgehead atoms. The number of piperidine rings is 1. The van der Waals surface area contributed by atoms with Crippen molar-refractivity contribution in [3.63, 3.8) is 0 Å². The zero-order chi connectivity index (χ0) is 27.1. The minimum atomic E-state index is 0.690. The lowest BCUT2D eigenvalue weighted by Gasteiger charge is -2.34. The van der Waals surface area contributed by atoms with Crippen LogP contribution in [0.4, 0.5) is 5.82 Å². The first kappa shape index (κ1) is 28.9. The number of allylic oxidation sites excluding steroid dienone is 5. The van der Waals surface area contributed by atoms with Crippen LogP contribution in [0.3, 0.4) is 0 Å². The van der Waals surface area contributed by atoms with Gasteiger partial charge in [0.05, 0.1) is 36.1 Å². The van der Waals surface area contributed by atoms with Crippen LogP contribution in [0.25, 0.3) is 15.8 Å². The van der Waals surface area contributed by atoms with Crippen molar-refractivity contribution in [1.29, 1.82) is 0 Å². The Labute approximate surface area is 232 Å². The highest BCUT2D eigenvalue weighted by atomic mass is 32.1. The molecule has 0 aromatic carbocycles. The number of hydrogen-bond donors (Lipinski definition) is 1. The predicted octanol–water partition coefficient (Wildman–Crippen LogP) is 3.82. The smallest absolute Gasteiger partial charge is 0.168 e. The van der Waals surface area contributed by atoms with Gasteiger partial charge in [-0.25, -0.2) is 14.8 Å². The van der Waals surface area contributed by atoms with Crippen molar-refractivity contribution in [2.75, 3.05) is 65.5 Å². The molecule has 4 rings (SSSR count). The molecule has 38 heavy (non-hydrogen) atoms. The molecule has 2 aromatic rings. The lowest BCUT2D eigenvalue weighted by atomic mass is 10.0. The van der Waals surface area contributed by atoms with Crippen LogP contribution in [0.15, 0.2) is 35.6 Å². The van der Waals surface area contributed by atoms with E-state index in [-0.39, 0.29) is 0 Å². The third kappa shape index (κ3) is 7.08. The second-order valence-corrected chi connectivity index (χ2v) is 11.7. The molecule has 0 aliphatic carbocycles. The maximum atomic E-state index is 5.67. The first-order valence-electron chi connectivity index (χ1n) is 13.8. The van der Waals surface area contributed by atoms with Crippen molar-refractivity contribution in [3.8, 4) is 0 Å². The highest BCUT2D eigenvalue weighted by Gasteiger charge is 2.24. The zero-order valence-corrected chi connectivity index (χ0v) is 24.8. The van der Waals surface area contributed by atoms with E-state index >= 15 is 0 Å². The molecule has 0 atom stereocenters. The number of quaternary nitrogens is 1. The summed E-state index contributed by atoms with van der Waals surface area (Å²) in [6.45, 7) is 12.8. The van der Waals surface area contributed by atoms with Crippen molar-refractivity contribution >= 4 is 32.9 Å². The van der Waals surface area contributed by atoms with Crippen LogP contribution in [-0.2, 0) is 16.1 Å². The molecule has 0 spiro atoms. The van der Waals surface area contributed by atoms with Gasteiger partial charge in [-0.15, -0.1) is 11.3 Å². The van der Waals surface area contributed by atoms with Crippen molar-refractivity contribution in [3.05, 3.63) is 46.3 Å². The number of nitrogens with zero attached hydrogens (tertiary/aromatic N) is 5. The number of ether oxygens (including phenoxy) is 1. The van der Waals surface area contributed by atoms with E-state index in [1.54, 1.807) is 12.6 Å². The van der Waals surface area contributed by atoms with Crippen LogP contribution < -0.4 is 10.4 Å². The molecule has 2 fully saturated rings. The van der Waals surface area contributed by atoms with Crippen LogP contribution in [0.2, 0.25) is 0 Å². The summed E-state index contributed by atoms with van der Waals surface area (Å²) in [7, 11) is 6.07. The Morgan fingerprint density at radius 2 is 1.92 bits per heavy atom. The van der Waals surface area contributed by atoms with E-state index in [2.05, 4.69) is 67.8 Å². The largest absolute Gasteiger partial charge is 0.378 e. The maximum absolute atomic E-state index is 5.67. The summed E-state index contributed by atoms with van der Waals surface area (Å²) < 4.78 is 6.84. The Hall–Kier alpha value is -2.14. The van der Waals surface area contributed by atoms with Gasteiger partial charge in [0, 0.05) is 43.6 Å². The van der Waals surface area contributed by atoms with Crippen LogP contribution in [-0.4, -0.2) is 86.4 Å². The van der Waals surface area contributed by atoms with E-state index in [1.807, 2.05) is 17.5 Å². The van der Waals surface area contributed by atoms with Gasteiger partial charge in [0.1, 0.15) is 6.20 Å². The highest BCUT2D eigenvalue weighted by Crippen LogP contribution is 2.36. The van der Waals surface area contributed by atoms with E-state index < -0.39 is 0 Å². The zero-order valence-electron chi connectivity index (χ0n) is 24.0. The summed E-state index contributed by atoms with van der Waals surface area (Å²) >= 11 is 1.85. The maximum Gasteiger partial charge on any atom is 0.168 e. The molecular weight excluding hydrogens is 496 g/mol. The molecule has 0 saturated carbocycles. The normalized spacial score (nSPS) is 18.3. The lowest BCUT2D eigenvalue weighted by Crippen LogP contribution is -2.76. The lowest BCUT2D eigenvalue weighted by molar-refractivity contribution is -0.842. The summed E-state index contributed by atoms with van der Waals surface area (Å²) in [6, 6.07) is 2.98. The number of aromatic nitrogens is 2.